The molecule has 16 heavy (non-hydrogen) atoms. The third-order valence-corrected chi connectivity index (χ3v) is 4.85. The van der Waals surface area contributed by atoms with E-state index >= 15 is 0 Å². The molecule has 0 amide bonds. The Labute approximate surface area is 102 Å². The molecule has 90 valence electrons. The van der Waals surface area contributed by atoms with Gasteiger partial charge in [0.2, 0.25) is 0 Å². The predicted octanol–water partition coefficient (Wildman–Crippen LogP) is 3.62. The highest BCUT2D eigenvalue weighted by atomic mass is 32.1. The van der Waals surface area contributed by atoms with E-state index in [2.05, 4.69) is 24.3 Å². The van der Waals surface area contributed by atoms with Crippen molar-refractivity contribution in [3.05, 3.63) is 16.6 Å². The molecule has 3 atom stereocenters. The Bertz CT molecular complexity index is 297. The maximum Gasteiger partial charge on any atom is 0.0794 e. The molecule has 0 aromatic carbocycles. The van der Waals surface area contributed by atoms with Crippen molar-refractivity contribution in [2.75, 3.05) is 7.05 Å². The highest BCUT2D eigenvalue weighted by molar-refractivity contribution is 7.09. The van der Waals surface area contributed by atoms with Crippen LogP contribution in [0.1, 0.15) is 49.9 Å². The van der Waals surface area contributed by atoms with Gasteiger partial charge in [-0.15, -0.1) is 11.3 Å². The van der Waals surface area contributed by atoms with E-state index in [1.807, 2.05) is 11.7 Å². The molecule has 0 spiro atoms. The quantitative estimate of drug-likeness (QED) is 0.866. The average molecular weight is 238 g/mol. The van der Waals surface area contributed by atoms with Gasteiger partial charge in [-0.25, -0.2) is 0 Å². The molecule has 1 aliphatic carbocycles. The van der Waals surface area contributed by atoms with Gasteiger partial charge in [0.05, 0.1) is 5.51 Å². The summed E-state index contributed by atoms with van der Waals surface area (Å²) in [6.07, 6.45) is 8.97. The van der Waals surface area contributed by atoms with Crippen molar-refractivity contribution >= 4 is 11.3 Å². The predicted molar refractivity (Wildman–Crippen MR) is 69.7 cm³/mol. The Kier molecular flexibility index (Phi) is 4.36. The van der Waals surface area contributed by atoms with Gasteiger partial charge < -0.3 is 5.32 Å². The van der Waals surface area contributed by atoms with Crippen molar-refractivity contribution < 1.29 is 0 Å². The van der Waals surface area contributed by atoms with Gasteiger partial charge in [-0.05, 0) is 25.3 Å². The summed E-state index contributed by atoms with van der Waals surface area (Å²) in [7, 11) is 2.09. The van der Waals surface area contributed by atoms with Crippen LogP contribution in [0.3, 0.4) is 0 Å². The number of rotatable bonds is 4. The summed E-state index contributed by atoms with van der Waals surface area (Å²) in [5.41, 5.74) is 1.95. The second-order valence-electron chi connectivity index (χ2n) is 4.79. The fraction of sp³-hybridized carbons (Fsp3) is 0.769. The number of hydrogen-bond acceptors (Lipinski definition) is 3. The zero-order valence-corrected chi connectivity index (χ0v) is 11.1. The molecule has 0 saturated heterocycles. The smallest absolute Gasteiger partial charge is 0.0794 e. The molecular formula is C13H22N2S. The number of hydrogen-bond donors (Lipinski definition) is 1. The molecule has 1 saturated carbocycles. The Hall–Kier alpha value is -0.410. The van der Waals surface area contributed by atoms with Crippen LogP contribution in [-0.2, 0) is 0 Å². The number of thiazole rings is 1. The van der Waals surface area contributed by atoms with Crippen LogP contribution in [0.2, 0.25) is 0 Å². The van der Waals surface area contributed by atoms with E-state index in [0.29, 0.717) is 6.04 Å². The third-order valence-electron chi connectivity index (χ3n) is 3.99. The lowest BCUT2D eigenvalue weighted by atomic mass is 9.74. The van der Waals surface area contributed by atoms with E-state index in [1.165, 1.54) is 37.0 Å². The topological polar surface area (TPSA) is 24.9 Å². The summed E-state index contributed by atoms with van der Waals surface area (Å²) >= 11 is 1.79. The molecule has 2 nitrogen and oxygen atoms in total. The molecule has 2 rings (SSSR count). The van der Waals surface area contributed by atoms with Crippen molar-refractivity contribution in [1.82, 2.24) is 10.3 Å². The summed E-state index contributed by atoms with van der Waals surface area (Å²) in [4.78, 5) is 5.63. The Morgan fingerprint density at radius 2 is 2.31 bits per heavy atom. The summed E-state index contributed by atoms with van der Waals surface area (Å²) < 4.78 is 0. The van der Waals surface area contributed by atoms with Gasteiger partial charge in [0.1, 0.15) is 0 Å². The van der Waals surface area contributed by atoms with E-state index in [-0.39, 0.29) is 0 Å². The van der Waals surface area contributed by atoms with Crippen LogP contribution in [0.4, 0.5) is 0 Å². The molecule has 3 unspecified atom stereocenters. The molecule has 1 aromatic rings. The van der Waals surface area contributed by atoms with Gasteiger partial charge in [0, 0.05) is 17.1 Å². The van der Waals surface area contributed by atoms with E-state index in [4.69, 9.17) is 0 Å². The van der Waals surface area contributed by atoms with Crippen LogP contribution in [0.5, 0.6) is 0 Å². The van der Waals surface area contributed by atoms with Crippen molar-refractivity contribution in [2.45, 2.75) is 45.1 Å². The highest BCUT2D eigenvalue weighted by Crippen LogP contribution is 2.40. The Morgan fingerprint density at radius 1 is 1.50 bits per heavy atom. The van der Waals surface area contributed by atoms with Gasteiger partial charge in [-0.2, -0.15) is 0 Å². The zero-order valence-electron chi connectivity index (χ0n) is 10.3. The zero-order chi connectivity index (χ0) is 11.4. The minimum Gasteiger partial charge on any atom is -0.312 e. The maximum absolute atomic E-state index is 4.22. The molecule has 3 heteroatoms. The van der Waals surface area contributed by atoms with Crippen LogP contribution < -0.4 is 5.32 Å². The largest absolute Gasteiger partial charge is 0.312 e. The molecule has 0 bridgehead atoms. The Morgan fingerprint density at radius 3 is 2.94 bits per heavy atom. The molecule has 1 aromatic heterocycles. The number of aromatic nitrogens is 1. The van der Waals surface area contributed by atoms with Crippen LogP contribution in [0, 0.1) is 11.8 Å². The summed E-state index contributed by atoms with van der Waals surface area (Å²) in [6.45, 7) is 2.34. The molecule has 0 radical (unpaired) electrons. The van der Waals surface area contributed by atoms with Crippen molar-refractivity contribution in [3.8, 4) is 0 Å². The first kappa shape index (κ1) is 12.1. The summed E-state index contributed by atoms with van der Waals surface area (Å²) in [6, 6.07) is 0.526. The summed E-state index contributed by atoms with van der Waals surface area (Å²) in [5.74, 6) is 1.71. The van der Waals surface area contributed by atoms with Crippen molar-refractivity contribution in [1.29, 1.82) is 0 Å². The van der Waals surface area contributed by atoms with E-state index < -0.39 is 0 Å². The van der Waals surface area contributed by atoms with E-state index in [0.717, 1.165) is 11.8 Å². The standard InChI is InChI=1S/C13H22N2S/c1-3-10-6-4-5-7-11(10)13(14-2)12-8-15-9-16-12/h8-11,13-14H,3-7H2,1-2H3. The summed E-state index contributed by atoms with van der Waals surface area (Å²) in [5, 5.41) is 3.51. The molecule has 1 aliphatic rings. The second kappa shape index (κ2) is 5.78. The van der Waals surface area contributed by atoms with Gasteiger partial charge in [0.25, 0.3) is 0 Å². The lowest BCUT2D eigenvalue weighted by molar-refractivity contribution is 0.182. The first-order valence-electron chi connectivity index (χ1n) is 6.42. The first-order chi connectivity index (χ1) is 7.86. The molecule has 1 fully saturated rings. The van der Waals surface area contributed by atoms with Crippen LogP contribution in [0.15, 0.2) is 11.7 Å². The highest BCUT2D eigenvalue weighted by Gasteiger charge is 2.31. The first-order valence-corrected chi connectivity index (χ1v) is 7.30. The fourth-order valence-corrected chi connectivity index (χ4v) is 3.93. The molecule has 1 heterocycles. The molecular weight excluding hydrogens is 216 g/mol. The van der Waals surface area contributed by atoms with Crippen LogP contribution >= 0.6 is 11.3 Å². The van der Waals surface area contributed by atoms with Gasteiger partial charge >= 0.3 is 0 Å². The van der Waals surface area contributed by atoms with Crippen LogP contribution in [-0.4, -0.2) is 12.0 Å². The normalized spacial score (nSPS) is 27.9. The van der Waals surface area contributed by atoms with E-state index in [9.17, 15) is 0 Å². The van der Waals surface area contributed by atoms with Gasteiger partial charge in [-0.1, -0.05) is 32.6 Å². The van der Waals surface area contributed by atoms with Crippen molar-refractivity contribution in [3.63, 3.8) is 0 Å². The van der Waals surface area contributed by atoms with Gasteiger partial charge in [0.15, 0.2) is 0 Å². The van der Waals surface area contributed by atoms with E-state index in [1.54, 1.807) is 11.3 Å². The second-order valence-corrected chi connectivity index (χ2v) is 5.70. The van der Waals surface area contributed by atoms with Crippen LogP contribution in [0.25, 0.3) is 0 Å². The third kappa shape index (κ3) is 2.46. The SMILES string of the molecule is CCC1CCCCC1C(NC)c1cncs1. The number of nitrogens with zero attached hydrogens (tertiary/aromatic N) is 1. The lowest BCUT2D eigenvalue weighted by Gasteiger charge is -2.36. The van der Waals surface area contributed by atoms with Crippen molar-refractivity contribution in [2.24, 2.45) is 11.8 Å². The molecule has 0 aliphatic heterocycles. The average Bonchev–Trinajstić information content (AvgIpc) is 2.84. The Balaban J connectivity index is 2.13. The van der Waals surface area contributed by atoms with Gasteiger partial charge in [-0.3, -0.25) is 4.98 Å². The molecule has 1 N–H and O–H groups in total. The minimum absolute atomic E-state index is 0.526. The minimum atomic E-state index is 0.526. The lowest BCUT2D eigenvalue weighted by Crippen LogP contribution is -2.32. The fourth-order valence-electron chi connectivity index (χ4n) is 3.13. The monoisotopic (exact) mass is 238 g/mol. The number of nitrogens with one attached hydrogen (secondary N) is 1. The maximum atomic E-state index is 4.22.